The van der Waals surface area contributed by atoms with Crippen LogP contribution in [-0.4, -0.2) is 36.4 Å². The number of hydrogen-bond acceptors (Lipinski definition) is 4. The minimum Gasteiger partial charge on any atom is -0.478 e. The molecule has 0 saturated carbocycles. The van der Waals surface area contributed by atoms with Crippen molar-refractivity contribution in [1.82, 2.24) is 5.32 Å². The topological polar surface area (TPSA) is 67.8 Å². The lowest BCUT2D eigenvalue weighted by Crippen LogP contribution is -2.36. The van der Waals surface area contributed by atoms with Crippen molar-refractivity contribution in [3.8, 4) is 0 Å². The first-order valence-corrected chi connectivity index (χ1v) is 9.47. The smallest absolute Gasteiger partial charge is 0.335 e. The van der Waals surface area contributed by atoms with Gasteiger partial charge < -0.3 is 19.9 Å². The van der Waals surface area contributed by atoms with Crippen LogP contribution >= 0.6 is 0 Å². The molecule has 0 amide bonds. The molecule has 1 saturated heterocycles. The summed E-state index contributed by atoms with van der Waals surface area (Å²) in [5.74, 6) is -0.906. The fourth-order valence-electron chi connectivity index (χ4n) is 3.30. The van der Waals surface area contributed by atoms with Gasteiger partial charge in [-0.3, -0.25) is 0 Å². The maximum atomic E-state index is 11.0. The number of rotatable bonds is 8. The minimum atomic E-state index is -0.906. The Morgan fingerprint density at radius 3 is 2.44 bits per heavy atom. The van der Waals surface area contributed by atoms with Crippen molar-refractivity contribution in [3.05, 3.63) is 71.3 Å². The molecule has 144 valence electrons. The number of carboxylic acid groups (broad SMARTS) is 1. The average Bonchev–Trinajstić information content (AvgIpc) is 2.72. The van der Waals surface area contributed by atoms with Crippen molar-refractivity contribution in [3.63, 3.8) is 0 Å². The summed E-state index contributed by atoms with van der Waals surface area (Å²) in [6.45, 7) is 4.29. The zero-order valence-corrected chi connectivity index (χ0v) is 15.6. The van der Waals surface area contributed by atoms with Crippen LogP contribution in [0.3, 0.4) is 0 Å². The van der Waals surface area contributed by atoms with Crippen molar-refractivity contribution in [1.29, 1.82) is 0 Å². The third-order valence-corrected chi connectivity index (χ3v) is 4.92. The lowest BCUT2D eigenvalue weighted by molar-refractivity contribution is -0.0796. The van der Waals surface area contributed by atoms with Gasteiger partial charge in [-0.15, -0.1) is 0 Å². The summed E-state index contributed by atoms with van der Waals surface area (Å²) < 4.78 is 11.9. The predicted octanol–water partition coefficient (Wildman–Crippen LogP) is 3.80. The van der Waals surface area contributed by atoms with Crippen molar-refractivity contribution in [2.45, 2.75) is 44.6 Å². The van der Waals surface area contributed by atoms with Gasteiger partial charge in [-0.25, -0.2) is 4.79 Å². The Morgan fingerprint density at radius 1 is 1.15 bits per heavy atom. The van der Waals surface area contributed by atoms with Crippen LogP contribution in [0, 0.1) is 0 Å². The highest BCUT2D eigenvalue weighted by molar-refractivity contribution is 5.87. The average molecular weight is 369 g/mol. The van der Waals surface area contributed by atoms with Gasteiger partial charge in [0, 0.05) is 25.8 Å². The summed E-state index contributed by atoms with van der Waals surface area (Å²) in [5.41, 5.74) is 2.51. The standard InChI is InChI=1S/C22H27NO4/c1-16(23-15-17-7-9-19(10-8-17)22(24)25)21(18-5-3-2-4-6-18)27-20-11-13-26-14-12-20/h2-10,16,20-21,23H,11-15H2,1H3,(H,24,25). The Kier molecular flexibility index (Phi) is 6.98. The predicted molar refractivity (Wildman–Crippen MR) is 104 cm³/mol. The number of carboxylic acids is 1. The highest BCUT2D eigenvalue weighted by Gasteiger charge is 2.25. The molecule has 0 radical (unpaired) electrons. The summed E-state index contributed by atoms with van der Waals surface area (Å²) in [5, 5.41) is 12.5. The van der Waals surface area contributed by atoms with E-state index in [1.807, 2.05) is 30.3 Å². The lowest BCUT2D eigenvalue weighted by Gasteiger charge is -2.32. The second-order valence-electron chi connectivity index (χ2n) is 6.95. The molecule has 1 heterocycles. The number of hydrogen-bond donors (Lipinski definition) is 2. The number of nitrogens with one attached hydrogen (secondary N) is 1. The molecule has 0 aromatic heterocycles. The van der Waals surface area contributed by atoms with E-state index < -0.39 is 5.97 Å². The second kappa shape index (κ2) is 9.65. The molecule has 1 aliphatic rings. The van der Waals surface area contributed by atoms with E-state index in [-0.39, 0.29) is 18.2 Å². The van der Waals surface area contributed by atoms with Crippen LogP contribution in [0.4, 0.5) is 0 Å². The Labute approximate surface area is 160 Å². The van der Waals surface area contributed by atoms with E-state index in [1.165, 1.54) is 0 Å². The fourth-order valence-corrected chi connectivity index (χ4v) is 3.30. The van der Waals surface area contributed by atoms with Gasteiger partial charge in [-0.05, 0) is 43.0 Å². The molecule has 0 aliphatic carbocycles. The van der Waals surface area contributed by atoms with Crippen LogP contribution in [0.5, 0.6) is 0 Å². The zero-order chi connectivity index (χ0) is 19.1. The van der Waals surface area contributed by atoms with Crippen LogP contribution < -0.4 is 5.32 Å². The van der Waals surface area contributed by atoms with E-state index in [2.05, 4.69) is 24.4 Å². The van der Waals surface area contributed by atoms with E-state index in [9.17, 15) is 4.79 Å². The maximum Gasteiger partial charge on any atom is 0.335 e. The largest absolute Gasteiger partial charge is 0.478 e. The van der Waals surface area contributed by atoms with Gasteiger partial charge in [0.05, 0.1) is 17.8 Å². The highest BCUT2D eigenvalue weighted by atomic mass is 16.5. The maximum absolute atomic E-state index is 11.0. The second-order valence-corrected chi connectivity index (χ2v) is 6.95. The van der Waals surface area contributed by atoms with Crippen molar-refractivity contribution in [2.24, 2.45) is 0 Å². The van der Waals surface area contributed by atoms with Gasteiger partial charge in [-0.1, -0.05) is 42.5 Å². The third kappa shape index (κ3) is 5.63. The summed E-state index contributed by atoms with van der Waals surface area (Å²) in [4.78, 5) is 11.0. The van der Waals surface area contributed by atoms with Gasteiger partial charge >= 0.3 is 5.97 Å². The molecule has 5 heteroatoms. The van der Waals surface area contributed by atoms with E-state index in [1.54, 1.807) is 12.1 Å². The molecule has 2 unspecified atom stereocenters. The highest BCUT2D eigenvalue weighted by Crippen LogP contribution is 2.26. The van der Waals surface area contributed by atoms with Crippen molar-refractivity contribution in [2.75, 3.05) is 13.2 Å². The number of carbonyl (C=O) groups is 1. The molecule has 0 spiro atoms. The molecule has 5 nitrogen and oxygen atoms in total. The van der Waals surface area contributed by atoms with Crippen molar-refractivity contribution < 1.29 is 19.4 Å². The Bertz CT molecular complexity index is 711. The van der Waals surface area contributed by atoms with E-state index in [0.29, 0.717) is 12.1 Å². The third-order valence-electron chi connectivity index (χ3n) is 4.92. The van der Waals surface area contributed by atoms with Crippen LogP contribution in [0.25, 0.3) is 0 Å². The molecule has 27 heavy (non-hydrogen) atoms. The first-order valence-electron chi connectivity index (χ1n) is 9.47. The van der Waals surface area contributed by atoms with Crippen molar-refractivity contribution >= 4 is 5.97 Å². The quantitative estimate of drug-likeness (QED) is 0.741. The molecule has 1 fully saturated rings. The van der Waals surface area contributed by atoms with Crippen LogP contribution in [-0.2, 0) is 16.0 Å². The van der Waals surface area contributed by atoms with Gasteiger partial charge in [0.2, 0.25) is 0 Å². The van der Waals surface area contributed by atoms with Crippen LogP contribution in [0.1, 0.15) is 47.4 Å². The summed E-state index contributed by atoms with van der Waals surface area (Å²) in [6, 6.07) is 17.4. The molecule has 2 N–H and O–H groups in total. The summed E-state index contributed by atoms with van der Waals surface area (Å²) in [7, 11) is 0. The Balaban J connectivity index is 1.64. The van der Waals surface area contributed by atoms with Gasteiger partial charge in [-0.2, -0.15) is 0 Å². The number of aromatic carboxylic acids is 1. The van der Waals surface area contributed by atoms with Gasteiger partial charge in [0.1, 0.15) is 0 Å². The van der Waals surface area contributed by atoms with Gasteiger partial charge in [0.25, 0.3) is 0 Å². The lowest BCUT2D eigenvalue weighted by atomic mass is 10.0. The normalized spacial score (nSPS) is 17.4. The molecule has 3 rings (SSSR count). The summed E-state index contributed by atoms with van der Waals surface area (Å²) in [6.07, 6.45) is 2.01. The molecule has 0 bridgehead atoms. The van der Waals surface area contributed by atoms with Crippen LogP contribution in [0.15, 0.2) is 54.6 Å². The molecular weight excluding hydrogens is 342 g/mol. The Hall–Kier alpha value is -2.21. The summed E-state index contributed by atoms with van der Waals surface area (Å²) >= 11 is 0. The van der Waals surface area contributed by atoms with Crippen LogP contribution in [0.2, 0.25) is 0 Å². The van der Waals surface area contributed by atoms with E-state index in [0.717, 1.165) is 37.2 Å². The zero-order valence-electron chi connectivity index (χ0n) is 15.6. The van der Waals surface area contributed by atoms with Gasteiger partial charge in [0.15, 0.2) is 0 Å². The first-order chi connectivity index (χ1) is 13.1. The molecular formula is C22H27NO4. The fraction of sp³-hybridized carbons (Fsp3) is 0.409. The number of ether oxygens (including phenoxy) is 2. The minimum absolute atomic E-state index is 0.0485. The monoisotopic (exact) mass is 369 g/mol. The van der Waals surface area contributed by atoms with E-state index in [4.69, 9.17) is 14.6 Å². The molecule has 2 aromatic carbocycles. The first kappa shape index (κ1) is 19.5. The number of benzene rings is 2. The Morgan fingerprint density at radius 2 is 1.81 bits per heavy atom. The molecule has 2 atom stereocenters. The SMILES string of the molecule is CC(NCc1ccc(C(=O)O)cc1)C(OC1CCOCC1)c1ccccc1. The van der Waals surface area contributed by atoms with E-state index >= 15 is 0 Å². The molecule has 1 aliphatic heterocycles. The molecule has 2 aromatic rings.